The van der Waals surface area contributed by atoms with Crippen molar-refractivity contribution >= 4 is 0 Å². The Labute approximate surface area is 141 Å². The van der Waals surface area contributed by atoms with Gasteiger partial charge >= 0.3 is 0 Å². The van der Waals surface area contributed by atoms with E-state index >= 15 is 0 Å². The molecule has 0 aliphatic heterocycles. The molecule has 0 saturated heterocycles. The van der Waals surface area contributed by atoms with E-state index in [0.717, 1.165) is 16.7 Å². The molecule has 4 rings (SSSR count). The Bertz CT molecular complexity index is 789. The van der Waals surface area contributed by atoms with Crippen molar-refractivity contribution in [1.29, 1.82) is 0 Å². The summed E-state index contributed by atoms with van der Waals surface area (Å²) in [6, 6.07) is 31.1. The number of nitrogens with zero attached hydrogens (tertiary/aromatic N) is 3. The molecule has 3 aromatic carbocycles. The zero-order valence-electron chi connectivity index (χ0n) is 13.1. The molecule has 1 radical (unpaired) electrons. The molecule has 4 aromatic rings. The van der Waals surface area contributed by atoms with Crippen LogP contribution in [0.25, 0.3) is 0 Å². The number of aromatic nitrogens is 3. The molecule has 24 heavy (non-hydrogen) atoms. The third-order valence-corrected chi connectivity index (χ3v) is 4.30. The summed E-state index contributed by atoms with van der Waals surface area (Å²) in [6.07, 6.45) is 4.44. The highest BCUT2D eigenvalue weighted by Crippen LogP contribution is 2.39. The second-order valence-electron chi connectivity index (χ2n) is 5.60. The van der Waals surface area contributed by atoms with Crippen molar-refractivity contribution in [3.05, 3.63) is 120 Å². The third-order valence-electron chi connectivity index (χ3n) is 4.30. The van der Waals surface area contributed by atoms with Crippen LogP contribution in [0.1, 0.15) is 16.7 Å². The van der Waals surface area contributed by atoms with Crippen molar-refractivity contribution < 1.29 is 0 Å². The van der Waals surface area contributed by atoms with Crippen LogP contribution < -0.4 is 0 Å². The Kier molecular flexibility index (Phi) is 3.67. The van der Waals surface area contributed by atoms with Gasteiger partial charge in [-0.3, -0.25) is 0 Å². The Hall–Kier alpha value is -3.20. The second kappa shape index (κ2) is 6.13. The summed E-state index contributed by atoms with van der Waals surface area (Å²) in [5.74, 6) is 0. The predicted molar refractivity (Wildman–Crippen MR) is 93.5 cm³/mol. The van der Waals surface area contributed by atoms with Crippen molar-refractivity contribution in [3.8, 4) is 0 Å². The van der Waals surface area contributed by atoms with E-state index in [1.807, 2.05) is 22.9 Å². The largest absolute Gasteiger partial charge is 0.233 e. The summed E-state index contributed by atoms with van der Waals surface area (Å²) < 4.78 is 1.88. The zero-order chi connectivity index (χ0) is 16.2. The van der Waals surface area contributed by atoms with E-state index in [2.05, 4.69) is 89.2 Å². The van der Waals surface area contributed by atoms with Gasteiger partial charge in [0.1, 0.15) is 11.9 Å². The topological polar surface area (TPSA) is 30.7 Å². The molecule has 0 aliphatic carbocycles. The Balaban J connectivity index is 2.12. The molecule has 1 aromatic heterocycles. The number of hydrogen-bond acceptors (Lipinski definition) is 2. The minimum absolute atomic E-state index is 0.587. The number of rotatable bonds is 4. The van der Waals surface area contributed by atoms with Crippen molar-refractivity contribution in [1.82, 2.24) is 14.8 Å². The number of benzene rings is 3. The van der Waals surface area contributed by atoms with E-state index < -0.39 is 5.54 Å². The van der Waals surface area contributed by atoms with Gasteiger partial charge in [0, 0.05) is 0 Å². The summed E-state index contributed by atoms with van der Waals surface area (Å²) in [5.41, 5.74) is 2.79. The second-order valence-corrected chi connectivity index (χ2v) is 5.60. The van der Waals surface area contributed by atoms with Crippen LogP contribution in [-0.4, -0.2) is 14.8 Å². The predicted octanol–water partition coefficient (Wildman–Crippen LogP) is 3.92. The van der Waals surface area contributed by atoms with Gasteiger partial charge in [0.25, 0.3) is 0 Å². The molecule has 0 spiro atoms. The monoisotopic (exact) mass is 310 g/mol. The van der Waals surface area contributed by atoms with Gasteiger partial charge in [-0.05, 0) is 16.7 Å². The van der Waals surface area contributed by atoms with Gasteiger partial charge in [0.15, 0.2) is 0 Å². The molecule has 0 aliphatic rings. The van der Waals surface area contributed by atoms with Crippen LogP contribution in [0, 0.1) is 6.33 Å². The summed E-state index contributed by atoms with van der Waals surface area (Å²) in [4.78, 5) is 4.09. The molecule has 3 nitrogen and oxygen atoms in total. The van der Waals surface area contributed by atoms with Crippen molar-refractivity contribution in [2.45, 2.75) is 5.54 Å². The maximum atomic E-state index is 4.40. The van der Waals surface area contributed by atoms with Gasteiger partial charge in [-0.1, -0.05) is 91.0 Å². The molecule has 0 fully saturated rings. The van der Waals surface area contributed by atoms with Crippen LogP contribution >= 0.6 is 0 Å². The molecular weight excluding hydrogens is 294 g/mol. The fraction of sp³-hybridized carbons (Fsp3) is 0.0476. The average Bonchev–Trinajstić information content (AvgIpc) is 3.20. The van der Waals surface area contributed by atoms with Gasteiger partial charge in [0.2, 0.25) is 6.33 Å². The quantitative estimate of drug-likeness (QED) is 0.535. The summed E-state index contributed by atoms with van der Waals surface area (Å²) in [6.45, 7) is 0. The van der Waals surface area contributed by atoms with Gasteiger partial charge in [-0.15, -0.1) is 5.10 Å². The normalized spacial score (nSPS) is 11.3. The summed E-state index contributed by atoms with van der Waals surface area (Å²) >= 11 is 0. The molecule has 0 bridgehead atoms. The maximum absolute atomic E-state index is 4.40. The lowest BCUT2D eigenvalue weighted by atomic mass is 9.77. The van der Waals surface area contributed by atoms with Gasteiger partial charge in [-0.25, -0.2) is 9.67 Å². The van der Waals surface area contributed by atoms with Crippen LogP contribution in [-0.2, 0) is 5.54 Å². The van der Waals surface area contributed by atoms with E-state index in [0.29, 0.717) is 0 Å². The van der Waals surface area contributed by atoms with E-state index in [4.69, 9.17) is 0 Å². The highest BCUT2D eigenvalue weighted by molar-refractivity contribution is 5.49. The Morgan fingerprint density at radius 3 is 1.38 bits per heavy atom. The average molecular weight is 310 g/mol. The van der Waals surface area contributed by atoms with E-state index in [-0.39, 0.29) is 0 Å². The first-order chi connectivity index (χ1) is 11.9. The molecule has 0 unspecified atom stereocenters. The van der Waals surface area contributed by atoms with Crippen LogP contribution in [0.4, 0.5) is 0 Å². The minimum atomic E-state index is -0.587. The zero-order valence-corrected chi connectivity index (χ0v) is 13.1. The minimum Gasteiger partial charge on any atom is -0.233 e. The fourth-order valence-corrected chi connectivity index (χ4v) is 3.28. The molecule has 115 valence electrons. The first-order valence-corrected chi connectivity index (χ1v) is 7.87. The third kappa shape index (κ3) is 2.22. The lowest BCUT2D eigenvalue weighted by Gasteiger charge is -2.35. The highest BCUT2D eigenvalue weighted by Gasteiger charge is 2.39. The number of hydrogen-bond donors (Lipinski definition) is 0. The molecule has 0 saturated carbocycles. The van der Waals surface area contributed by atoms with E-state index in [9.17, 15) is 0 Å². The van der Waals surface area contributed by atoms with Crippen molar-refractivity contribution in [2.24, 2.45) is 0 Å². The Morgan fingerprint density at radius 2 is 1.04 bits per heavy atom. The van der Waals surface area contributed by atoms with Gasteiger partial charge in [0.05, 0.1) is 0 Å². The van der Waals surface area contributed by atoms with Crippen LogP contribution in [0.15, 0.2) is 97.3 Å². The van der Waals surface area contributed by atoms with Crippen LogP contribution in [0.2, 0.25) is 0 Å². The van der Waals surface area contributed by atoms with Gasteiger partial charge < -0.3 is 0 Å². The Morgan fingerprint density at radius 1 is 0.625 bits per heavy atom. The SMILES string of the molecule is [c]1ncn(C(c2ccccc2)(c2ccccc2)c2ccccc2)n1. The van der Waals surface area contributed by atoms with Crippen LogP contribution in [0.3, 0.4) is 0 Å². The molecule has 1 heterocycles. The van der Waals surface area contributed by atoms with Crippen molar-refractivity contribution in [3.63, 3.8) is 0 Å². The van der Waals surface area contributed by atoms with Crippen molar-refractivity contribution in [2.75, 3.05) is 0 Å². The van der Waals surface area contributed by atoms with E-state index in [1.165, 1.54) is 0 Å². The summed E-state index contributed by atoms with van der Waals surface area (Å²) in [7, 11) is 0. The molecule has 0 atom stereocenters. The fourth-order valence-electron chi connectivity index (χ4n) is 3.28. The van der Waals surface area contributed by atoms with E-state index in [1.54, 1.807) is 6.33 Å². The first-order valence-electron chi connectivity index (χ1n) is 7.87. The first kappa shape index (κ1) is 14.4. The van der Waals surface area contributed by atoms with Crippen LogP contribution in [0.5, 0.6) is 0 Å². The smallest absolute Gasteiger partial charge is 0.220 e. The maximum Gasteiger partial charge on any atom is 0.220 e. The summed E-state index contributed by atoms with van der Waals surface area (Å²) in [5, 5.41) is 4.40. The molecule has 0 amide bonds. The lowest BCUT2D eigenvalue weighted by molar-refractivity contribution is 0.458. The molecule has 0 N–H and O–H groups in total. The molecule has 3 heteroatoms. The lowest BCUT2D eigenvalue weighted by Crippen LogP contribution is -2.38. The standard InChI is InChI=1S/C21H16N3/c1-4-10-18(11-5-1)21(24-17-22-16-23-24,19-12-6-2-7-13-19)20-14-8-3-9-15-20/h1-15,17H. The highest BCUT2D eigenvalue weighted by atomic mass is 15.4. The molecular formula is C21H16N3. The van der Waals surface area contributed by atoms with Gasteiger partial charge in [-0.2, -0.15) is 0 Å².